The lowest BCUT2D eigenvalue weighted by molar-refractivity contribution is 0.474. The minimum absolute atomic E-state index is 0.138. The van der Waals surface area contributed by atoms with Crippen molar-refractivity contribution in [2.45, 2.75) is 19.3 Å². The SMILES string of the molecule is CC(C)(c1ccccc1)c1ccc(-c2ccccn2)cc1-c1cccc2oc(-c3ccccc3O)nc12. The molecule has 0 radical (unpaired) electrons. The van der Waals surface area contributed by atoms with E-state index in [4.69, 9.17) is 9.40 Å². The maximum absolute atomic E-state index is 10.4. The Morgan fingerprint density at radius 3 is 2.24 bits per heavy atom. The molecule has 180 valence electrons. The number of benzene rings is 4. The molecule has 0 spiro atoms. The fourth-order valence-electron chi connectivity index (χ4n) is 4.95. The molecule has 0 atom stereocenters. The van der Waals surface area contributed by atoms with Crippen molar-refractivity contribution >= 4 is 11.1 Å². The van der Waals surface area contributed by atoms with Gasteiger partial charge in [0.2, 0.25) is 5.89 Å². The molecule has 2 aromatic heterocycles. The van der Waals surface area contributed by atoms with Crippen molar-refractivity contribution in [3.05, 3.63) is 127 Å². The second-order valence-electron chi connectivity index (χ2n) is 9.65. The summed E-state index contributed by atoms with van der Waals surface area (Å²) >= 11 is 0. The molecule has 4 aromatic carbocycles. The van der Waals surface area contributed by atoms with Crippen LogP contribution in [0, 0.1) is 0 Å². The first-order valence-electron chi connectivity index (χ1n) is 12.3. The summed E-state index contributed by atoms with van der Waals surface area (Å²) in [5.41, 5.74) is 8.11. The molecule has 0 unspecified atom stereocenters. The van der Waals surface area contributed by atoms with Gasteiger partial charge in [0.05, 0.1) is 11.3 Å². The van der Waals surface area contributed by atoms with Crippen LogP contribution >= 0.6 is 0 Å². The van der Waals surface area contributed by atoms with Crippen LogP contribution in [0.2, 0.25) is 0 Å². The molecule has 4 heteroatoms. The average molecular weight is 483 g/mol. The number of para-hydroxylation sites is 2. The van der Waals surface area contributed by atoms with Crippen LogP contribution in [0.15, 0.2) is 120 Å². The molecular weight excluding hydrogens is 456 g/mol. The number of fused-ring (bicyclic) bond motifs is 1. The van der Waals surface area contributed by atoms with Gasteiger partial charge in [-0.25, -0.2) is 4.98 Å². The largest absolute Gasteiger partial charge is 0.507 e. The van der Waals surface area contributed by atoms with Gasteiger partial charge in [0.1, 0.15) is 11.3 Å². The topological polar surface area (TPSA) is 59.2 Å². The van der Waals surface area contributed by atoms with E-state index in [2.05, 4.69) is 67.4 Å². The van der Waals surface area contributed by atoms with Crippen LogP contribution in [0.4, 0.5) is 0 Å². The normalized spacial score (nSPS) is 11.6. The summed E-state index contributed by atoms with van der Waals surface area (Å²) in [6.45, 7) is 4.50. The molecule has 2 heterocycles. The third-order valence-corrected chi connectivity index (χ3v) is 6.99. The number of phenolic OH excluding ortho intramolecular Hbond substituents is 1. The Hall–Kier alpha value is -4.70. The fraction of sp³-hybridized carbons (Fsp3) is 0.0909. The lowest BCUT2D eigenvalue weighted by Crippen LogP contribution is -2.20. The fourth-order valence-corrected chi connectivity index (χ4v) is 4.95. The minimum Gasteiger partial charge on any atom is -0.507 e. The van der Waals surface area contributed by atoms with E-state index in [0.717, 1.165) is 27.9 Å². The van der Waals surface area contributed by atoms with Crippen LogP contribution in [0.3, 0.4) is 0 Å². The van der Waals surface area contributed by atoms with Crippen molar-refractivity contribution in [1.29, 1.82) is 0 Å². The molecule has 0 saturated carbocycles. The predicted octanol–water partition coefficient (Wildman–Crippen LogP) is 8.26. The van der Waals surface area contributed by atoms with Crippen molar-refractivity contribution in [2.75, 3.05) is 0 Å². The van der Waals surface area contributed by atoms with E-state index in [1.165, 1.54) is 11.1 Å². The second kappa shape index (κ2) is 9.07. The Balaban J connectivity index is 1.60. The van der Waals surface area contributed by atoms with E-state index in [0.29, 0.717) is 17.0 Å². The van der Waals surface area contributed by atoms with Gasteiger partial charge in [-0.3, -0.25) is 4.98 Å². The van der Waals surface area contributed by atoms with E-state index < -0.39 is 0 Å². The first kappa shape index (κ1) is 22.7. The zero-order valence-electron chi connectivity index (χ0n) is 20.7. The number of aromatic hydroxyl groups is 1. The molecule has 0 bridgehead atoms. The average Bonchev–Trinajstić information content (AvgIpc) is 3.38. The number of oxazole rings is 1. The third-order valence-electron chi connectivity index (χ3n) is 6.99. The molecule has 6 aromatic rings. The maximum atomic E-state index is 10.4. The first-order chi connectivity index (χ1) is 18.0. The molecule has 6 rings (SSSR count). The summed E-state index contributed by atoms with van der Waals surface area (Å²) in [4.78, 5) is 9.46. The van der Waals surface area contributed by atoms with E-state index in [9.17, 15) is 5.11 Å². The Morgan fingerprint density at radius 1 is 0.703 bits per heavy atom. The summed E-state index contributed by atoms with van der Waals surface area (Å²) in [7, 11) is 0. The number of pyridine rings is 1. The van der Waals surface area contributed by atoms with Crippen LogP contribution in [0.5, 0.6) is 5.75 Å². The van der Waals surface area contributed by atoms with Crippen molar-refractivity contribution < 1.29 is 9.52 Å². The van der Waals surface area contributed by atoms with Gasteiger partial charge in [-0.15, -0.1) is 0 Å². The van der Waals surface area contributed by atoms with E-state index in [1.54, 1.807) is 12.1 Å². The van der Waals surface area contributed by atoms with Crippen molar-refractivity contribution in [3.8, 4) is 39.6 Å². The molecule has 0 aliphatic carbocycles. The monoisotopic (exact) mass is 482 g/mol. The Morgan fingerprint density at radius 2 is 1.46 bits per heavy atom. The van der Waals surface area contributed by atoms with E-state index >= 15 is 0 Å². The van der Waals surface area contributed by atoms with Gasteiger partial charge in [0.15, 0.2) is 5.58 Å². The zero-order chi connectivity index (χ0) is 25.4. The zero-order valence-corrected chi connectivity index (χ0v) is 20.7. The van der Waals surface area contributed by atoms with Crippen LogP contribution in [-0.2, 0) is 5.41 Å². The third kappa shape index (κ3) is 4.07. The van der Waals surface area contributed by atoms with Gasteiger partial charge in [0.25, 0.3) is 0 Å². The Labute approximate surface area is 215 Å². The van der Waals surface area contributed by atoms with Crippen LogP contribution < -0.4 is 0 Å². The predicted molar refractivity (Wildman–Crippen MR) is 148 cm³/mol. The summed E-state index contributed by atoms with van der Waals surface area (Å²) < 4.78 is 6.14. The van der Waals surface area contributed by atoms with Gasteiger partial charge in [-0.1, -0.05) is 86.6 Å². The lowest BCUT2D eigenvalue weighted by atomic mass is 9.74. The van der Waals surface area contributed by atoms with Gasteiger partial charge >= 0.3 is 0 Å². The molecule has 0 fully saturated rings. The maximum Gasteiger partial charge on any atom is 0.231 e. The number of nitrogens with zero attached hydrogens (tertiary/aromatic N) is 2. The van der Waals surface area contributed by atoms with Crippen molar-refractivity contribution in [3.63, 3.8) is 0 Å². The molecule has 4 nitrogen and oxygen atoms in total. The van der Waals surface area contributed by atoms with Crippen LogP contribution in [0.1, 0.15) is 25.0 Å². The molecule has 0 aliphatic rings. The van der Waals surface area contributed by atoms with Gasteiger partial charge in [0, 0.05) is 22.7 Å². The number of rotatable bonds is 5. The molecule has 0 saturated heterocycles. The number of phenols is 1. The highest BCUT2D eigenvalue weighted by Crippen LogP contribution is 2.42. The van der Waals surface area contributed by atoms with E-state index in [1.807, 2.05) is 54.7 Å². The highest BCUT2D eigenvalue weighted by molar-refractivity contribution is 5.94. The quantitative estimate of drug-likeness (QED) is 0.269. The smallest absolute Gasteiger partial charge is 0.231 e. The Bertz CT molecular complexity index is 1700. The van der Waals surface area contributed by atoms with Crippen LogP contribution in [0.25, 0.3) is 44.9 Å². The summed E-state index contributed by atoms with van der Waals surface area (Å²) in [6, 6.07) is 36.1. The van der Waals surface area contributed by atoms with Gasteiger partial charge in [-0.05, 0) is 53.1 Å². The number of hydrogen-bond donors (Lipinski definition) is 1. The number of aromatic nitrogens is 2. The molecule has 0 amide bonds. The molecular formula is C33H26N2O2. The van der Waals surface area contributed by atoms with Gasteiger partial charge < -0.3 is 9.52 Å². The first-order valence-corrected chi connectivity index (χ1v) is 12.3. The van der Waals surface area contributed by atoms with Gasteiger partial charge in [-0.2, -0.15) is 0 Å². The Kier molecular flexibility index (Phi) is 5.57. The standard InChI is InChI=1S/C33H26N2O2/c1-33(2,23-11-4-3-5-12-23)27-19-18-22(28-15-8-9-20-34-28)21-26(27)24-14-10-17-30-31(24)35-32(37-30)25-13-6-7-16-29(25)36/h3-21,36H,1-2H3. The molecule has 37 heavy (non-hydrogen) atoms. The highest BCUT2D eigenvalue weighted by atomic mass is 16.3. The molecule has 0 aliphatic heterocycles. The molecule has 1 N–H and O–H groups in total. The van der Waals surface area contributed by atoms with E-state index in [-0.39, 0.29) is 11.2 Å². The van der Waals surface area contributed by atoms with Crippen molar-refractivity contribution in [1.82, 2.24) is 9.97 Å². The lowest BCUT2D eigenvalue weighted by Gasteiger charge is -2.29. The minimum atomic E-state index is -0.272. The number of hydrogen-bond acceptors (Lipinski definition) is 4. The summed E-state index contributed by atoms with van der Waals surface area (Å²) in [6.07, 6.45) is 1.81. The van der Waals surface area contributed by atoms with Crippen molar-refractivity contribution in [2.24, 2.45) is 0 Å². The van der Waals surface area contributed by atoms with Crippen LogP contribution in [-0.4, -0.2) is 15.1 Å². The second-order valence-corrected chi connectivity index (χ2v) is 9.65. The summed E-state index contributed by atoms with van der Waals surface area (Å²) in [5.74, 6) is 0.531. The summed E-state index contributed by atoms with van der Waals surface area (Å²) in [5, 5.41) is 10.4. The highest BCUT2D eigenvalue weighted by Gasteiger charge is 2.28.